The van der Waals surface area contributed by atoms with Crippen LogP contribution < -0.4 is 16.0 Å². The van der Waals surface area contributed by atoms with Crippen molar-refractivity contribution in [3.63, 3.8) is 0 Å². The van der Waals surface area contributed by atoms with Crippen LogP contribution in [0.3, 0.4) is 0 Å². The number of nitrogens with one attached hydrogen (secondary N) is 1. The number of nitrogens with zero attached hydrogens (tertiary/aromatic N) is 3. The maximum absolute atomic E-state index is 13.2. The van der Waals surface area contributed by atoms with Gasteiger partial charge in [-0.05, 0) is 55.0 Å². The molecule has 9 nitrogen and oxygen atoms in total. The highest BCUT2D eigenvalue weighted by Crippen LogP contribution is 2.26. The molecule has 35 heavy (non-hydrogen) atoms. The lowest BCUT2D eigenvalue weighted by Crippen LogP contribution is -2.46. The highest BCUT2D eigenvalue weighted by Gasteiger charge is 2.20. The molecule has 0 unspecified atom stereocenters. The number of amides is 1. The van der Waals surface area contributed by atoms with Gasteiger partial charge >= 0.3 is 0 Å². The summed E-state index contributed by atoms with van der Waals surface area (Å²) in [6, 6.07) is 12.7. The summed E-state index contributed by atoms with van der Waals surface area (Å²) in [5.41, 5.74) is 2.84. The van der Waals surface area contributed by atoms with Gasteiger partial charge in [-0.1, -0.05) is 5.92 Å². The Kier molecular flexibility index (Phi) is 7.73. The van der Waals surface area contributed by atoms with Crippen molar-refractivity contribution in [2.24, 2.45) is 5.84 Å². The molecular formula is C25H29N5O4S. The number of benzene rings is 2. The monoisotopic (exact) mass is 495 g/mol. The van der Waals surface area contributed by atoms with Crippen LogP contribution in [-0.4, -0.2) is 74.0 Å². The fraction of sp³-hybridized carbons (Fsp3) is 0.320. The highest BCUT2D eigenvalue weighted by atomic mass is 32.2. The number of terminal acetylenes is 1. The van der Waals surface area contributed by atoms with Gasteiger partial charge < -0.3 is 9.64 Å². The number of rotatable bonds is 9. The maximum atomic E-state index is 13.2. The second-order valence-electron chi connectivity index (χ2n) is 8.36. The molecule has 2 aromatic carbocycles. The minimum Gasteiger partial charge on any atom is -0.494 e. The van der Waals surface area contributed by atoms with E-state index in [1.807, 2.05) is 11.5 Å². The first kappa shape index (κ1) is 24.8. The molecule has 0 bridgehead atoms. The molecule has 10 heteroatoms. The van der Waals surface area contributed by atoms with Crippen LogP contribution in [0.1, 0.15) is 16.8 Å². The number of ether oxygens (including phenoxy) is 1. The quantitative estimate of drug-likeness (QED) is 0.152. The first-order chi connectivity index (χ1) is 16.9. The Morgan fingerprint density at radius 1 is 1.06 bits per heavy atom. The molecule has 0 saturated carbocycles. The van der Waals surface area contributed by atoms with Crippen LogP contribution in [-0.2, 0) is 10.0 Å². The lowest BCUT2D eigenvalue weighted by Gasteiger charge is -2.33. The van der Waals surface area contributed by atoms with E-state index < -0.39 is 15.9 Å². The van der Waals surface area contributed by atoms with Gasteiger partial charge in [0.1, 0.15) is 5.75 Å². The summed E-state index contributed by atoms with van der Waals surface area (Å²) in [6.07, 6.45) is 7.80. The molecule has 4 rings (SSSR count). The number of hydrogen-bond donors (Lipinski definition) is 2. The number of hydrazine groups is 1. The second-order valence-corrected chi connectivity index (χ2v) is 10.2. The van der Waals surface area contributed by atoms with E-state index in [-0.39, 0.29) is 10.5 Å². The first-order valence-electron chi connectivity index (χ1n) is 11.4. The van der Waals surface area contributed by atoms with Crippen LogP contribution in [0.15, 0.2) is 59.6 Å². The van der Waals surface area contributed by atoms with Gasteiger partial charge in [-0.25, -0.2) is 18.2 Å². The molecule has 1 amide bonds. The number of piperazine rings is 1. The minimum absolute atomic E-state index is 0.0732. The van der Waals surface area contributed by atoms with Crippen molar-refractivity contribution in [2.75, 3.05) is 45.9 Å². The lowest BCUT2D eigenvalue weighted by atomic mass is 10.2. The minimum atomic E-state index is -3.83. The molecule has 0 spiro atoms. The van der Waals surface area contributed by atoms with E-state index in [0.717, 1.165) is 44.5 Å². The summed E-state index contributed by atoms with van der Waals surface area (Å²) in [6.45, 7) is 6.27. The van der Waals surface area contributed by atoms with Crippen LogP contribution >= 0.6 is 0 Å². The number of fused-ring (bicyclic) bond motifs is 1. The zero-order chi connectivity index (χ0) is 24.8. The number of carbonyl (C=O) groups excluding carboxylic acids is 1. The third-order valence-corrected chi connectivity index (χ3v) is 7.80. The molecule has 1 aliphatic rings. The van der Waals surface area contributed by atoms with E-state index in [9.17, 15) is 13.2 Å². The molecule has 0 atom stereocenters. The first-order valence-corrected chi connectivity index (χ1v) is 12.8. The lowest BCUT2D eigenvalue weighted by molar-refractivity contribution is 0.0953. The van der Waals surface area contributed by atoms with Crippen molar-refractivity contribution < 1.29 is 17.9 Å². The van der Waals surface area contributed by atoms with Crippen LogP contribution in [0.25, 0.3) is 10.9 Å². The van der Waals surface area contributed by atoms with Crippen molar-refractivity contribution in [3.05, 3.63) is 60.3 Å². The Hall–Kier alpha value is -3.36. The Labute approximate surface area is 205 Å². The van der Waals surface area contributed by atoms with Crippen LogP contribution in [0, 0.1) is 12.3 Å². The van der Waals surface area contributed by atoms with Crippen LogP contribution in [0.4, 0.5) is 0 Å². The largest absolute Gasteiger partial charge is 0.494 e. The average Bonchev–Trinajstić information content (AvgIpc) is 3.31. The number of nitrogen functional groups attached to an aromatic ring is 1. The zero-order valence-electron chi connectivity index (χ0n) is 19.4. The Morgan fingerprint density at radius 3 is 2.46 bits per heavy atom. The Balaban J connectivity index is 1.36. The van der Waals surface area contributed by atoms with Crippen molar-refractivity contribution in [1.82, 2.24) is 19.2 Å². The standard InChI is InChI=1S/C25H29N5O4S/c1-2-11-28-14-16-29(17-15-28)12-3-18-34-22-6-9-24-21(19-22)10-13-30(24)35(32,33)23-7-4-20(5-8-23)25(31)27-26/h1,4-10,13,19H,3,11-12,14-18,26H2,(H,27,31). The Bertz CT molecular complexity index is 1320. The molecule has 0 radical (unpaired) electrons. The molecule has 184 valence electrons. The summed E-state index contributed by atoms with van der Waals surface area (Å²) in [4.78, 5) is 16.4. The topological polar surface area (TPSA) is 110 Å². The molecular weight excluding hydrogens is 466 g/mol. The predicted molar refractivity (Wildman–Crippen MR) is 134 cm³/mol. The van der Waals surface area contributed by atoms with Crippen molar-refractivity contribution in [3.8, 4) is 18.1 Å². The highest BCUT2D eigenvalue weighted by molar-refractivity contribution is 7.90. The fourth-order valence-corrected chi connectivity index (χ4v) is 5.50. The smallest absolute Gasteiger partial charge is 0.268 e. The number of nitrogens with two attached hydrogens (primary N) is 1. The van der Waals surface area contributed by atoms with E-state index in [1.54, 1.807) is 18.2 Å². The second kappa shape index (κ2) is 10.9. The third kappa shape index (κ3) is 5.66. The summed E-state index contributed by atoms with van der Waals surface area (Å²) >= 11 is 0. The molecule has 3 N–H and O–H groups in total. The molecule has 1 saturated heterocycles. The number of hydrogen-bond acceptors (Lipinski definition) is 7. The number of carbonyl (C=O) groups is 1. The van der Waals surface area contributed by atoms with E-state index in [0.29, 0.717) is 24.4 Å². The summed E-state index contributed by atoms with van der Waals surface area (Å²) < 4.78 is 33.4. The van der Waals surface area contributed by atoms with Gasteiger partial charge in [0.2, 0.25) is 0 Å². The van der Waals surface area contributed by atoms with Gasteiger partial charge in [-0.15, -0.1) is 6.42 Å². The summed E-state index contributed by atoms with van der Waals surface area (Å²) in [7, 11) is -3.83. The molecule has 1 aromatic heterocycles. The number of aromatic nitrogens is 1. The molecule has 3 aromatic rings. The van der Waals surface area contributed by atoms with Crippen molar-refractivity contribution in [2.45, 2.75) is 11.3 Å². The van der Waals surface area contributed by atoms with Gasteiger partial charge in [0.05, 0.1) is 23.6 Å². The predicted octanol–water partition coefficient (Wildman–Crippen LogP) is 1.50. The van der Waals surface area contributed by atoms with Crippen LogP contribution in [0.2, 0.25) is 0 Å². The third-order valence-electron chi connectivity index (χ3n) is 6.10. The van der Waals surface area contributed by atoms with E-state index in [4.69, 9.17) is 17.0 Å². The van der Waals surface area contributed by atoms with Gasteiger partial charge in [0, 0.05) is 49.9 Å². The average molecular weight is 496 g/mol. The van der Waals surface area contributed by atoms with Gasteiger partial charge in [-0.2, -0.15) is 0 Å². The van der Waals surface area contributed by atoms with Crippen molar-refractivity contribution >= 4 is 26.8 Å². The zero-order valence-corrected chi connectivity index (χ0v) is 20.2. The molecule has 1 aliphatic heterocycles. The van der Waals surface area contributed by atoms with E-state index in [1.165, 1.54) is 34.4 Å². The molecule has 0 aliphatic carbocycles. The van der Waals surface area contributed by atoms with E-state index >= 15 is 0 Å². The van der Waals surface area contributed by atoms with E-state index in [2.05, 4.69) is 15.7 Å². The molecule has 1 fully saturated rings. The molecule has 2 heterocycles. The normalized spacial score (nSPS) is 15.1. The maximum Gasteiger partial charge on any atom is 0.268 e. The SMILES string of the molecule is C#CCN1CCN(CCCOc2ccc3c(ccn3S(=O)(=O)c3ccc(C(=O)NN)cc3)c2)CC1. The fourth-order valence-electron chi connectivity index (χ4n) is 4.15. The van der Waals surface area contributed by atoms with Gasteiger partial charge in [-0.3, -0.25) is 15.1 Å². The summed E-state index contributed by atoms with van der Waals surface area (Å²) in [5, 5.41) is 0.759. The van der Waals surface area contributed by atoms with Gasteiger partial charge in [0.15, 0.2) is 0 Å². The summed E-state index contributed by atoms with van der Waals surface area (Å²) in [5.74, 6) is 8.03. The van der Waals surface area contributed by atoms with Crippen LogP contribution in [0.5, 0.6) is 5.75 Å². The van der Waals surface area contributed by atoms with Gasteiger partial charge in [0.25, 0.3) is 15.9 Å². The Morgan fingerprint density at radius 2 is 1.77 bits per heavy atom. The van der Waals surface area contributed by atoms with Crippen molar-refractivity contribution in [1.29, 1.82) is 0 Å².